The highest BCUT2D eigenvalue weighted by Gasteiger charge is 2.35. The van der Waals surface area contributed by atoms with Gasteiger partial charge in [-0.1, -0.05) is 17.7 Å². The third-order valence-electron chi connectivity index (χ3n) is 4.29. The molecule has 1 amide bonds. The molecule has 2 aromatic carbocycles. The van der Waals surface area contributed by atoms with Gasteiger partial charge in [0.25, 0.3) is 0 Å². The highest BCUT2D eigenvalue weighted by molar-refractivity contribution is 7.89. The second-order valence-corrected chi connectivity index (χ2v) is 7.91. The molecule has 0 saturated carbocycles. The Labute approximate surface area is 153 Å². The number of hydrogen-bond acceptors (Lipinski definition) is 4. The Morgan fingerprint density at radius 2 is 1.77 bits per heavy atom. The van der Waals surface area contributed by atoms with E-state index in [0.717, 1.165) is 11.3 Å². The topological polar surface area (TPSA) is 75.7 Å². The SMILES string of the molecule is CCOc1ccc(S(=O)(=O)NC2CCN(c3ccc(C)cc3)C2=O)cc1. The van der Waals surface area contributed by atoms with Gasteiger partial charge in [0.2, 0.25) is 15.9 Å². The number of carbonyl (C=O) groups is 1. The highest BCUT2D eigenvalue weighted by atomic mass is 32.2. The molecule has 1 fully saturated rings. The smallest absolute Gasteiger partial charge is 0.245 e. The average molecular weight is 374 g/mol. The number of rotatable bonds is 6. The molecule has 2 aromatic rings. The van der Waals surface area contributed by atoms with Crippen molar-refractivity contribution in [3.05, 3.63) is 54.1 Å². The van der Waals surface area contributed by atoms with Gasteiger partial charge < -0.3 is 9.64 Å². The summed E-state index contributed by atoms with van der Waals surface area (Å²) in [5.41, 5.74) is 1.89. The summed E-state index contributed by atoms with van der Waals surface area (Å²) in [4.78, 5) is 14.3. The first-order valence-corrected chi connectivity index (χ1v) is 10.0. The fraction of sp³-hybridized carbons (Fsp3) is 0.316. The Morgan fingerprint density at radius 3 is 2.38 bits per heavy atom. The predicted molar refractivity (Wildman–Crippen MR) is 99.9 cm³/mol. The number of ether oxygens (including phenoxy) is 1. The molecule has 1 aliphatic rings. The van der Waals surface area contributed by atoms with E-state index in [1.54, 1.807) is 17.0 Å². The van der Waals surface area contributed by atoms with E-state index in [9.17, 15) is 13.2 Å². The lowest BCUT2D eigenvalue weighted by Gasteiger charge is -2.17. The maximum atomic E-state index is 12.6. The van der Waals surface area contributed by atoms with Gasteiger partial charge in [-0.25, -0.2) is 8.42 Å². The Kier molecular flexibility index (Phi) is 5.29. The second-order valence-electron chi connectivity index (χ2n) is 6.19. The molecular formula is C19H22N2O4S. The Balaban J connectivity index is 1.72. The number of nitrogens with zero attached hydrogens (tertiary/aromatic N) is 1. The van der Waals surface area contributed by atoms with Gasteiger partial charge >= 0.3 is 0 Å². The Bertz CT molecular complexity index is 877. The number of carbonyl (C=O) groups excluding carboxylic acids is 1. The zero-order valence-corrected chi connectivity index (χ0v) is 15.6. The maximum Gasteiger partial charge on any atom is 0.245 e. The van der Waals surface area contributed by atoms with Gasteiger partial charge in [0.05, 0.1) is 11.5 Å². The van der Waals surface area contributed by atoms with Crippen molar-refractivity contribution < 1.29 is 17.9 Å². The van der Waals surface area contributed by atoms with E-state index in [2.05, 4.69) is 4.72 Å². The minimum absolute atomic E-state index is 0.113. The van der Waals surface area contributed by atoms with Gasteiger partial charge in [0.1, 0.15) is 11.8 Å². The molecule has 138 valence electrons. The van der Waals surface area contributed by atoms with E-state index < -0.39 is 16.1 Å². The van der Waals surface area contributed by atoms with Gasteiger partial charge in [-0.05, 0) is 56.7 Å². The summed E-state index contributed by atoms with van der Waals surface area (Å²) in [5.74, 6) is 0.373. The Morgan fingerprint density at radius 1 is 1.12 bits per heavy atom. The van der Waals surface area contributed by atoms with Crippen molar-refractivity contribution >= 4 is 21.6 Å². The molecule has 3 rings (SSSR count). The van der Waals surface area contributed by atoms with Crippen molar-refractivity contribution in [2.24, 2.45) is 0 Å². The molecule has 1 saturated heterocycles. The highest BCUT2D eigenvalue weighted by Crippen LogP contribution is 2.23. The number of nitrogens with one attached hydrogen (secondary N) is 1. The zero-order valence-electron chi connectivity index (χ0n) is 14.8. The van der Waals surface area contributed by atoms with E-state index in [4.69, 9.17) is 4.74 Å². The lowest BCUT2D eigenvalue weighted by molar-refractivity contribution is -0.118. The average Bonchev–Trinajstić information content (AvgIpc) is 2.97. The van der Waals surface area contributed by atoms with Crippen LogP contribution in [0.15, 0.2) is 53.4 Å². The molecule has 1 unspecified atom stereocenters. The van der Waals surface area contributed by atoms with E-state index >= 15 is 0 Å². The normalized spacial score (nSPS) is 17.5. The first-order chi connectivity index (χ1) is 12.4. The number of amides is 1. The van der Waals surface area contributed by atoms with Crippen molar-refractivity contribution in [1.29, 1.82) is 0 Å². The predicted octanol–water partition coefficient (Wildman–Crippen LogP) is 2.48. The van der Waals surface area contributed by atoms with Gasteiger partial charge in [-0.2, -0.15) is 4.72 Å². The summed E-state index contributed by atoms with van der Waals surface area (Å²) < 4.78 is 33.0. The quantitative estimate of drug-likeness (QED) is 0.843. The third-order valence-corrected chi connectivity index (χ3v) is 5.78. The van der Waals surface area contributed by atoms with E-state index in [-0.39, 0.29) is 10.8 Å². The van der Waals surface area contributed by atoms with Crippen LogP contribution in [-0.2, 0) is 14.8 Å². The van der Waals surface area contributed by atoms with Crippen LogP contribution in [0.3, 0.4) is 0 Å². The summed E-state index contributed by atoms with van der Waals surface area (Å²) in [7, 11) is -3.77. The molecule has 1 heterocycles. The number of anilines is 1. The fourth-order valence-corrected chi connectivity index (χ4v) is 4.13. The van der Waals surface area contributed by atoms with Crippen LogP contribution in [0.5, 0.6) is 5.75 Å². The van der Waals surface area contributed by atoms with Crippen LogP contribution >= 0.6 is 0 Å². The van der Waals surface area contributed by atoms with Crippen molar-refractivity contribution in [2.75, 3.05) is 18.1 Å². The van der Waals surface area contributed by atoms with Crippen LogP contribution < -0.4 is 14.4 Å². The summed E-state index contributed by atoms with van der Waals surface area (Å²) in [6.45, 7) is 4.83. The number of sulfonamides is 1. The van der Waals surface area contributed by atoms with Crippen molar-refractivity contribution in [1.82, 2.24) is 4.72 Å². The molecular weight excluding hydrogens is 352 g/mol. The van der Waals surface area contributed by atoms with Gasteiger partial charge in [0.15, 0.2) is 0 Å². The molecule has 1 aliphatic heterocycles. The molecule has 1 N–H and O–H groups in total. The van der Waals surface area contributed by atoms with Crippen LogP contribution in [0, 0.1) is 6.92 Å². The van der Waals surface area contributed by atoms with E-state index in [0.29, 0.717) is 25.3 Å². The largest absolute Gasteiger partial charge is 0.494 e. The number of benzene rings is 2. The molecule has 0 bridgehead atoms. The molecule has 0 radical (unpaired) electrons. The lowest BCUT2D eigenvalue weighted by Crippen LogP contribution is -2.41. The molecule has 26 heavy (non-hydrogen) atoms. The zero-order chi connectivity index (χ0) is 18.7. The molecule has 0 aliphatic carbocycles. The maximum absolute atomic E-state index is 12.6. The summed E-state index contributed by atoms with van der Waals surface area (Å²) in [6.07, 6.45) is 0.434. The van der Waals surface area contributed by atoms with Crippen LogP contribution in [0.25, 0.3) is 0 Å². The van der Waals surface area contributed by atoms with Gasteiger partial charge in [-0.3, -0.25) is 4.79 Å². The minimum Gasteiger partial charge on any atom is -0.494 e. The second kappa shape index (κ2) is 7.47. The number of hydrogen-bond donors (Lipinski definition) is 1. The van der Waals surface area contributed by atoms with Gasteiger partial charge in [-0.15, -0.1) is 0 Å². The van der Waals surface area contributed by atoms with E-state index in [1.165, 1.54) is 12.1 Å². The van der Waals surface area contributed by atoms with Crippen LogP contribution in [0.1, 0.15) is 18.9 Å². The fourth-order valence-electron chi connectivity index (χ4n) is 2.91. The minimum atomic E-state index is -3.77. The monoisotopic (exact) mass is 374 g/mol. The summed E-state index contributed by atoms with van der Waals surface area (Å²) in [5, 5.41) is 0. The standard InChI is InChI=1S/C19H22N2O4S/c1-3-25-16-8-10-17(11-9-16)26(23,24)20-18-12-13-21(19(18)22)15-6-4-14(2)5-7-15/h4-11,18,20H,3,12-13H2,1-2H3. The van der Waals surface area contributed by atoms with Crippen molar-refractivity contribution in [3.63, 3.8) is 0 Å². The summed E-state index contributed by atoms with van der Waals surface area (Å²) >= 11 is 0. The van der Waals surface area contributed by atoms with Crippen molar-refractivity contribution in [3.8, 4) is 5.75 Å². The Hall–Kier alpha value is -2.38. The third kappa shape index (κ3) is 3.89. The first-order valence-electron chi connectivity index (χ1n) is 8.54. The van der Waals surface area contributed by atoms with Gasteiger partial charge in [0, 0.05) is 12.2 Å². The number of aryl methyl sites for hydroxylation is 1. The molecule has 0 aromatic heterocycles. The van der Waals surface area contributed by atoms with Crippen LogP contribution in [0.2, 0.25) is 0 Å². The summed E-state index contributed by atoms with van der Waals surface area (Å²) in [6, 6.07) is 13.0. The lowest BCUT2D eigenvalue weighted by atomic mass is 10.2. The molecule has 7 heteroatoms. The van der Waals surface area contributed by atoms with Crippen molar-refractivity contribution in [2.45, 2.75) is 31.2 Å². The van der Waals surface area contributed by atoms with Crippen LogP contribution in [0.4, 0.5) is 5.69 Å². The first kappa shape index (κ1) is 18.4. The molecule has 1 atom stereocenters. The molecule has 0 spiro atoms. The molecule has 6 nitrogen and oxygen atoms in total. The van der Waals surface area contributed by atoms with E-state index in [1.807, 2.05) is 38.1 Å². The van der Waals surface area contributed by atoms with Crippen LogP contribution in [-0.4, -0.2) is 33.5 Å².